The zero-order valence-corrected chi connectivity index (χ0v) is 19.4. The molecule has 180 valence electrons. The highest BCUT2D eigenvalue weighted by Crippen LogP contribution is 2.47. The molecule has 2 saturated heterocycles. The summed E-state index contributed by atoms with van der Waals surface area (Å²) in [6, 6.07) is 28.1. The fourth-order valence-corrected chi connectivity index (χ4v) is 5.58. The molecule has 0 unspecified atom stereocenters. The maximum absolute atomic E-state index is 14.0. The first kappa shape index (κ1) is 21.5. The van der Waals surface area contributed by atoms with Gasteiger partial charge in [-0.2, -0.15) is 10.0 Å². The lowest BCUT2D eigenvalue weighted by Crippen LogP contribution is -2.55. The van der Waals surface area contributed by atoms with E-state index in [-0.39, 0.29) is 11.1 Å². The van der Waals surface area contributed by atoms with Crippen molar-refractivity contribution in [2.24, 2.45) is 5.92 Å². The Labute approximate surface area is 211 Å². The second-order valence-electron chi connectivity index (χ2n) is 9.19. The number of amides is 4. The highest BCUT2D eigenvalue weighted by molar-refractivity contribution is 6.27. The molecule has 4 aromatic carbocycles. The highest BCUT2D eigenvalue weighted by atomic mass is 16.7. The number of carbonyl (C=O) groups excluding carboxylic acids is 4. The Hall–Kier alpha value is -4.82. The fourth-order valence-electron chi connectivity index (χ4n) is 5.58. The van der Waals surface area contributed by atoms with Crippen molar-refractivity contribution in [2.75, 3.05) is 5.06 Å². The minimum atomic E-state index is -1.19. The second-order valence-corrected chi connectivity index (χ2v) is 9.19. The van der Waals surface area contributed by atoms with Gasteiger partial charge in [-0.3, -0.25) is 24.0 Å². The van der Waals surface area contributed by atoms with Crippen LogP contribution in [0.15, 0.2) is 97.1 Å². The number of hydrazine groups is 1. The van der Waals surface area contributed by atoms with Gasteiger partial charge in [0.15, 0.2) is 6.10 Å². The molecule has 0 aliphatic carbocycles. The first-order valence-corrected chi connectivity index (χ1v) is 11.9. The maximum Gasteiger partial charge on any atom is 0.281 e. The molecule has 3 atom stereocenters. The molecular weight excluding hydrogens is 470 g/mol. The van der Waals surface area contributed by atoms with Gasteiger partial charge in [0.25, 0.3) is 23.6 Å². The number of hydroxylamine groups is 1. The smallest absolute Gasteiger partial charge is 0.272 e. The summed E-state index contributed by atoms with van der Waals surface area (Å²) in [5.74, 6) is -3.79. The van der Waals surface area contributed by atoms with Crippen LogP contribution in [0.4, 0.5) is 5.69 Å². The van der Waals surface area contributed by atoms with Gasteiger partial charge in [0, 0.05) is 5.39 Å². The number of para-hydroxylation sites is 1. The van der Waals surface area contributed by atoms with Crippen LogP contribution in [0, 0.1) is 5.92 Å². The Morgan fingerprint density at radius 2 is 1.19 bits per heavy atom. The Bertz CT molecular complexity index is 1570. The number of hydrogen-bond donors (Lipinski definition) is 0. The molecule has 7 rings (SSSR count). The van der Waals surface area contributed by atoms with Gasteiger partial charge in [0.2, 0.25) is 0 Å². The van der Waals surface area contributed by atoms with Crippen LogP contribution in [-0.2, 0) is 14.4 Å². The summed E-state index contributed by atoms with van der Waals surface area (Å²) in [4.78, 5) is 60.9. The third-order valence-corrected chi connectivity index (χ3v) is 7.19. The van der Waals surface area contributed by atoms with Crippen LogP contribution >= 0.6 is 0 Å². The van der Waals surface area contributed by atoms with E-state index in [4.69, 9.17) is 4.84 Å². The first-order chi connectivity index (χ1) is 18.1. The molecule has 37 heavy (non-hydrogen) atoms. The molecule has 0 radical (unpaired) electrons. The first-order valence-electron chi connectivity index (χ1n) is 11.9. The topological polar surface area (TPSA) is 87.2 Å². The van der Waals surface area contributed by atoms with Gasteiger partial charge in [-0.15, -0.1) is 0 Å². The van der Waals surface area contributed by atoms with Crippen molar-refractivity contribution >= 4 is 40.1 Å². The molecule has 0 aromatic heterocycles. The van der Waals surface area contributed by atoms with Crippen LogP contribution in [0.25, 0.3) is 10.8 Å². The molecule has 2 fully saturated rings. The SMILES string of the molecule is O=C1c2cccc3cccc(c23)C(=O)N1N1C(=O)[C@H]2[C@H](ON(c3ccccc3)[C@H]2c2ccccc2)C1=O. The molecule has 3 aliphatic rings. The summed E-state index contributed by atoms with van der Waals surface area (Å²) in [7, 11) is 0. The molecule has 0 spiro atoms. The van der Waals surface area contributed by atoms with Crippen LogP contribution in [-0.4, -0.2) is 39.8 Å². The van der Waals surface area contributed by atoms with Gasteiger partial charge in [0.1, 0.15) is 5.92 Å². The Kier molecular flexibility index (Phi) is 4.55. The normalized spacial score (nSPS) is 22.8. The average molecular weight is 489 g/mol. The summed E-state index contributed by atoms with van der Waals surface area (Å²) in [6.07, 6.45) is -1.19. The van der Waals surface area contributed by atoms with E-state index in [0.29, 0.717) is 21.1 Å². The van der Waals surface area contributed by atoms with Gasteiger partial charge in [0.05, 0.1) is 22.9 Å². The molecule has 8 nitrogen and oxygen atoms in total. The van der Waals surface area contributed by atoms with Crippen LogP contribution in [0.1, 0.15) is 32.3 Å². The number of hydrogen-bond acceptors (Lipinski definition) is 6. The zero-order valence-electron chi connectivity index (χ0n) is 19.4. The van der Waals surface area contributed by atoms with E-state index in [1.54, 1.807) is 29.3 Å². The van der Waals surface area contributed by atoms with Gasteiger partial charge in [-0.25, -0.2) is 5.06 Å². The van der Waals surface area contributed by atoms with E-state index in [1.807, 2.05) is 72.8 Å². The summed E-state index contributed by atoms with van der Waals surface area (Å²) in [6.45, 7) is 0. The molecule has 4 aromatic rings. The minimum absolute atomic E-state index is 0.261. The van der Waals surface area contributed by atoms with Gasteiger partial charge >= 0.3 is 0 Å². The summed E-state index contributed by atoms with van der Waals surface area (Å²) >= 11 is 0. The summed E-state index contributed by atoms with van der Waals surface area (Å²) < 4.78 is 0. The van der Waals surface area contributed by atoms with E-state index in [2.05, 4.69) is 0 Å². The number of fused-ring (bicyclic) bond motifs is 1. The minimum Gasteiger partial charge on any atom is -0.272 e. The molecule has 0 saturated carbocycles. The van der Waals surface area contributed by atoms with E-state index in [9.17, 15) is 19.2 Å². The van der Waals surface area contributed by atoms with Crippen LogP contribution in [0.5, 0.6) is 0 Å². The quantitative estimate of drug-likeness (QED) is 0.406. The van der Waals surface area contributed by atoms with Crippen LogP contribution in [0.2, 0.25) is 0 Å². The maximum atomic E-state index is 14.0. The van der Waals surface area contributed by atoms with Gasteiger partial charge < -0.3 is 0 Å². The Morgan fingerprint density at radius 3 is 1.81 bits per heavy atom. The molecule has 4 amide bonds. The van der Waals surface area contributed by atoms with E-state index in [1.165, 1.54) is 0 Å². The highest BCUT2D eigenvalue weighted by Gasteiger charge is 2.63. The number of nitrogens with zero attached hydrogens (tertiary/aromatic N) is 3. The predicted molar refractivity (Wildman–Crippen MR) is 133 cm³/mol. The number of rotatable bonds is 3. The molecule has 3 heterocycles. The third-order valence-electron chi connectivity index (χ3n) is 7.19. The predicted octanol–water partition coefficient (Wildman–Crippen LogP) is 3.90. The Morgan fingerprint density at radius 1 is 0.595 bits per heavy atom. The zero-order chi connectivity index (χ0) is 25.3. The molecule has 0 bridgehead atoms. The molecular formula is C29H19N3O5. The molecule has 8 heteroatoms. The average Bonchev–Trinajstić information content (AvgIpc) is 3.45. The van der Waals surface area contributed by atoms with Crippen molar-refractivity contribution in [2.45, 2.75) is 12.1 Å². The lowest BCUT2D eigenvalue weighted by Gasteiger charge is -2.34. The van der Waals surface area contributed by atoms with Crippen molar-refractivity contribution in [3.8, 4) is 0 Å². The van der Waals surface area contributed by atoms with Crippen molar-refractivity contribution in [1.82, 2.24) is 10.0 Å². The monoisotopic (exact) mass is 489 g/mol. The van der Waals surface area contributed by atoms with E-state index in [0.717, 1.165) is 10.9 Å². The number of imide groups is 2. The van der Waals surface area contributed by atoms with Crippen LogP contribution in [0.3, 0.4) is 0 Å². The van der Waals surface area contributed by atoms with Gasteiger partial charge in [-0.1, -0.05) is 72.8 Å². The molecule has 0 N–H and O–H groups in total. The summed E-state index contributed by atoms with van der Waals surface area (Å²) in [5.41, 5.74) is 1.98. The number of carbonyl (C=O) groups is 4. The third kappa shape index (κ3) is 2.93. The van der Waals surface area contributed by atoms with E-state index >= 15 is 0 Å². The largest absolute Gasteiger partial charge is 0.281 e. The summed E-state index contributed by atoms with van der Waals surface area (Å²) in [5, 5.41) is 4.20. The van der Waals surface area contributed by atoms with Crippen LogP contribution < -0.4 is 5.06 Å². The second kappa shape index (κ2) is 7.84. The number of benzene rings is 4. The van der Waals surface area contributed by atoms with Crippen molar-refractivity contribution < 1.29 is 24.0 Å². The Balaban J connectivity index is 1.32. The standard InChI is InChI=1S/C29H19N3O5/c33-26-20-15-7-11-17-12-8-16-21(22(17)20)27(34)30(26)31-28(35)23-24(18-9-3-1-4-10-18)32(37-25(23)29(31)36)19-13-5-2-6-14-19/h1-16,23-25H/t23-,24+,25+/m1/s1. The lowest BCUT2D eigenvalue weighted by molar-refractivity contribution is -0.154. The van der Waals surface area contributed by atoms with E-state index < -0.39 is 41.7 Å². The van der Waals surface area contributed by atoms with Crippen molar-refractivity contribution in [3.05, 3.63) is 114 Å². The fraction of sp³-hybridized carbons (Fsp3) is 0.103. The van der Waals surface area contributed by atoms with Crippen molar-refractivity contribution in [1.29, 1.82) is 0 Å². The molecule has 3 aliphatic heterocycles. The lowest BCUT2D eigenvalue weighted by atomic mass is 9.90. The van der Waals surface area contributed by atoms with Crippen molar-refractivity contribution in [3.63, 3.8) is 0 Å². The van der Waals surface area contributed by atoms with Gasteiger partial charge in [-0.05, 0) is 35.2 Å². The number of anilines is 1.